The van der Waals surface area contributed by atoms with E-state index < -0.39 is 55.4 Å². The number of ether oxygens (including phenoxy) is 3. The summed E-state index contributed by atoms with van der Waals surface area (Å²) in [5.74, 6) is -1.44. The van der Waals surface area contributed by atoms with Gasteiger partial charge in [-0.25, -0.2) is 9.59 Å². The molecule has 0 aromatic carbocycles. The van der Waals surface area contributed by atoms with Gasteiger partial charge in [-0.3, -0.25) is 0 Å². The van der Waals surface area contributed by atoms with Crippen molar-refractivity contribution < 1.29 is 44.2 Å². The van der Waals surface area contributed by atoms with Crippen LogP contribution < -0.4 is 0 Å². The van der Waals surface area contributed by atoms with Gasteiger partial charge in [0.15, 0.2) is 0 Å². The lowest BCUT2D eigenvalue weighted by molar-refractivity contribution is -0.291. The molecule has 2 aliphatic heterocycles. The number of carbonyl (C=O) groups is 2. The van der Waals surface area contributed by atoms with Gasteiger partial charge in [0, 0.05) is 17.1 Å². The highest BCUT2D eigenvalue weighted by Gasteiger charge is 2.45. The Morgan fingerprint density at radius 2 is 1.97 bits per heavy atom. The summed E-state index contributed by atoms with van der Waals surface area (Å²) in [5.41, 5.74) is 1.73. The molecule has 9 heteroatoms. The molecule has 7 atom stereocenters. The fourth-order valence-corrected chi connectivity index (χ4v) is 3.90. The maximum Gasteiger partial charge on any atom is 0.336 e. The summed E-state index contributed by atoms with van der Waals surface area (Å²) >= 11 is 0. The van der Waals surface area contributed by atoms with Crippen molar-refractivity contribution in [2.75, 3.05) is 6.61 Å². The molecule has 2 fully saturated rings. The van der Waals surface area contributed by atoms with Gasteiger partial charge < -0.3 is 34.6 Å². The highest BCUT2D eigenvalue weighted by atomic mass is 16.7. The minimum absolute atomic E-state index is 0.256. The molecule has 2 unspecified atom stereocenters. The van der Waals surface area contributed by atoms with Crippen molar-refractivity contribution in [1.82, 2.24) is 0 Å². The van der Waals surface area contributed by atoms with Crippen LogP contribution in [0.25, 0.3) is 0 Å². The fraction of sp³-hybridized carbons (Fsp3) is 0.619. The highest BCUT2D eigenvalue weighted by molar-refractivity contribution is 5.91. The molecule has 0 aromatic heterocycles. The van der Waals surface area contributed by atoms with Crippen LogP contribution >= 0.6 is 0 Å². The van der Waals surface area contributed by atoms with E-state index in [1.165, 1.54) is 0 Å². The molecule has 0 bridgehead atoms. The van der Waals surface area contributed by atoms with Gasteiger partial charge in [-0.05, 0) is 38.7 Å². The Balaban J connectivity index is 1.72. The second-order valence-electron chi connectivity index (χ2n) is 7.92. The van der Waals surface area contributed by atoms with E-state index >= 15 is 0 Å². The van der Waals surface area contributed by atoms with E-state index in [0.29, 0.717) is 36.8 Å². The zero-order chi connectivity index (χ0) is 22.0. The van der Waals surface area contributed by atoms with Gasteiger partial charge in [-0.15, -0.1) is 0 Å². The lowest BCUT2D eigenvalue weighted by Crippen LogP contribution is -2.59. The van der Waals surface area contributed by atoms with Crippen LogP contribution in [0, 0.1) is 5.92 Å². The number of rotatable bonds is 3. The number of allylic oxidation sites excluding steroid dienone is 2. The average molecular weight is 424 g/mol. The minimum atomic E-state index is -1.66. The van der Waals surface area contributed by atoms with Crippen LogP contribution in [0.4, 0.5) is 0 Å². The first-order valence-electron chi connectivity index (χ1n) is 10.0. The summed E-state index contributed by atoms with van der Waals surface area (Å²) < 4.78 is 15.9. The summed E-state index contributed by atoms with van der Waals surface area (Å²) in [6, 6.07) is 0. The highest BCUT2D eigenvalue weighted by Crippen LogP contribution is 2.34. The molecule has 2 saturated heterocycles. The topological polar surface area (TPSA) is 143 Å². The number of esters is 2. The molecule has 30 heavy (non-hydrogen) atoms. The molecule has 0 radical (unpaired) electrons. The maximum atomic E-state index is 12.8. The van der Waals surface area contributed by atoms with E-state index in [1.54, 1.807) is 6.08 Å². The van der Waals surface area contributed by atoms with E-state index in [1.807, 2.05) is 13.0 Å². The molecule has 0 amide bonds. The molecule has 0 spiro atoms. The van der Waals surface area contributed by atoms with Crippen LogP contribution in [0.1, 0.15) is 32.6 Å². The number of fused-ring (bicyclic) bond motifs is 1. The van der Waals surface area contributed by atoms with Gasteiger partial charge >= 0.3 is 11.9 Å². The number of carbonyl (C=O) groups excluding carboxylic acids is 2. The number of aliphatic hydroxyl groups is 4. The molecule has 3 rings (SSSR count). The van der Waals surface area contributed by atoms with E-state index in [4.69, 9.17) is 14.2 Å². The summed E-state index contributed by atoms with van der Waals surface area (Å²) in [7, 11) is 0. The first-order chi connectivity index (χ1) is 14.2. The number of hydrogen-bond acceptors (Lipinski definition) is 9. The standard InChI is InChI=1S/C21H28O9/c1-10-4-3-5-12(6-7-13-11(2)19(26)28-14(13)8-10)20(27)30-21-18(25)17(24)16(23)15(9-22)29-21/h5,8,13-18,21-25H,2-4,6-7,9H2,1H3/b10-8+,12-5-/t13?,14?,15-,16-,17+,18-,21+/m1/s1. The Labute approximate surface area is 174 Å². The third-order valence-electron chi connectivity index (χ3n) is 5.79. The smallest absolute Gasteiger partial charge is 0.336 e. The summed E-state index contributed by atoms with van der Waals surface area (Å²) in [5, 5.41) is 39.1. The first kappa shape index (κ1) is 22.6. The lowest BCUT2D eigenvalue weighted by Gasteiger charge is -2.39. The van der Waals surface area contributed by atoms with Crippen molar-refractivity contribution in [3.05, 3.63) is 35.5 Å². The largest absolute Gasteiger partial charge is 0.454 e. The SMILES string of the molecule is C=C1C(=O)OC2/C=C(\C)CC/C=C(\C(=O)O[C@@H]3O[C@H](CO)[C@@H](O)[C@H](O)[C@H]3O)CCC12. The van der Waals surface area contributed by atoms with Gasteiger partial charge in [0.05, 0.1) is 6.61 Å². The lowest BCUT2D eigenvalue weighted by atomic mass is 9.88. The zero-order valence-corrected chi connectivity index (χ0v) is 16.8. The predicted molar refractivity (Wildman–Crippen MR) is 103 cm³/mol. The second-order valence-corrected chi connectivity index (χ2v) is 7.92. The Morgan fingerprint density at radius 3 is 2.67 bits per heavy atom. The molecular formula is C21H28O9. The third-order valence-corrected chi connectivity index (χ3v) is 5.79. The molecule has 9 nitrogen and oxygen atoms in total. The molecule has 0 aromatic rings. The van der Waals surface area contributed by atoms with Crippen molar-refractivity contribution in [3.63, 3.8) is 0 Å². The normalized spacial score (nSPS) is 41.0. The van der Waals surface area contributed by atoms with E-state index in [9.17, 15) is 30.0 Å². The van der Waals surface area contributed by atoms with Crippen LogP contribution in [0.15, 0.2) is 35.5 Å². The second kappa shape index (κ2) is 9.40. The summed E-state index contributed by atoms with van der Waals surface area (Å²) in [4.78, 5) is 24.7. The summed E-state index contributed by atoms with van der Waals surface area (Å²) in [6.45, 7) is 5.12. The first-order valence-corrected chi connectivity index (χ1v) is 10.0. The van der Waals surface area contributed by atoms with Crippen molar-refractivity contribution in [2.45, 2.75) is 69.4 Å². The quantitative estimate of drug-likeness (QED) is 0.277. The molecule has 4 N–H and O–H groups in total. The molecule has 166 valence electrons. The van der Waals surface area contributed by atoms with Gasteiger partial charge in [0.2, 0.25) is 6.29 Å². The molecule has 1 aliphatic carbocycles. The number of aliphatic hydroxyl groups excluding tert-OH is 4. The van der Waals surface area contributed by atoms with Gasteiger partial charge in [-0.1, -0.05) is 18.2 Å². The fourth-order valence-electron chi connectivity index (χ4n) is 3.90. The zero-order valence-electron chi connectivity index (χ0n) is 16.8. The number of hydrogen-bond donors (Lipinski definition) is 4. The van der Waals surface area contributed by atoms with Crippen LogP contribution in [0.3, 0.4) is 0 Å². The molecule has 0 saturated carbocycles. The van der Waals surface area contributed by atoms with Crippen LogP contribution in [0.2, 0.25) is 0 Å². The Bertz CT molecular complexity index is 754. The Hall–Kier alpha value is -2.04. The van der Waals surface area contributed by atoms with E-state index in [-0.39, 0.29) is 5.92 Å². The minimum Gasteiger partial charge on any atom is -0.454 e. The van der Waals surface area contributed by atoms with Gasteiger partial charge in [-0.2, -0.15) is 0 Å². The van der Waals surface area contributed by atoms with Crippen molar-refractivity contribution in [3.8, 4) is 0 Å². The summed E-state index contributed by atoms with van der Waals surface area (Å²) in [6.07, 6.45) is -2.34. The monoisotopic (exact) mass is 424 g/mol. The van der Waals surface area contributed by atoms with Crippen molar-refractivity contribution in [2.24, 2.45) is 5.92 Å². The predicted octanol–water partition coefficient (Wildman–Crippen LogP) is -0.126. The van der Waals surface area contributed by atoms with Gasteiger partial charge in [0.25, 0.3) is 0 Å². The molecular weight excluding hydrogens is 396 g/mol. The van der Waals surface area contributed by atoms with Crippen LogP contribution in [-0.2, 0) is 23.8 Å². The van der Waals surface area contributed by atoms with Crippen molar-refractivity contribution >= 4 is 11.9 Å². The van der Waals surface area contributed by atoms with Gasteiger partial charge in [0.1, 0.15) is 30.5 Å². The van der Waals surface area contributed by atoms with Crippen molar-refractivity contribution in [1.29, 1.82) is 0 Å². The third kappa shape index (κ3) is 4.65. The average Bonchev–Trinajstić information content (AvgIpc) is 2.97. The maximum absolute atomic E-state index is 12.8. The molecule has 2 heterocycles. The Morgan fingerprint density at radius 1 is 1.23 bits per heavy atom. The van der Waals surface area contributed by atoms with Crippen LogP contribution in [-0.4, -0.2) is 75.8 Å². The van der Waals surface area contributed by atoms with E-state index in [0.717, 1.165) is 5.57 Å². The van der Waals surface area contributed by atoms with Crippen LogP contribution in [0.5, 0.6) is 0 Å². The molecule has 3 aliphatic rings. The Kier molecular flexibility index (Phi) is 7.10. The van der Waals surface area contributed by atoms with E-state index in [2.05, 4.69) is 6.58 Å².